The maximum absolute atomic E-state index is 5.99. The Bertz CT molecular complexity index is 508. The number of benzene rings is 1. The lowest BCUT2D eigenvalue weighted by Crippen LogP contribution is -2.18. The van der Waals surface area contributed by atoms with Gasteiger partial charge >= 0.3 is 0 Å². The first-order valence-corrected chi connectivity index (χ1v) is 6.43. The minimum atomic E-state index is 0.269. The zero-order valence-electron chi connectivity index (χ0n) is 10.7. The minimum absolute atomic E-state index is 0.269. The second kappa shape index (κ2) is 5.98. The van der Waals surface area contributed by atoms with Crippen molar-refractivity contribution in [2.24, 2.45) is 0 Å². The van der Waals surface area contributed by atoms with E-state index in [2.05, 4.69) is 29.4 Å². The molecule has 94 valence electrons. The molecule has 1 heterocycles. The molecule has 1 atom stereocenters. The van der Waals surface area contributed by atoms with Crippen molar-refractivity contribution in [3.05, 3.63) is 64.4 Å². The normalized spacial score (nSPS) is 12.4. The highest BCUT2D eigenvalue weighted by Crippen LogP contribution is 2.17. The Kier molecular flexibility index (Phi) is 4.34. The number of nitrogens with one attached hydrogen (secondary N) is 1. The molecule has 0 unspecified atom stereocenters. The lowest BCUT2D eigenvalue weighted by molar-refractivity contribution is 0.574. The summed E-state index contributed by atoms with van der Waals surface area (Å²) in [5.41, 5.74) is 3.43. The Hall–Kier alpha value is -1.38. The van der Waals surface area contributed by atoms with Gasteiger partial charge in [0.1, 0.15) is 0 Å². The molecule has 0 saturated carbocycles. The van der Waals surface area contributed by atoms with Crippen molar-refractivity contribution in [1.29, 1.82) is 0 Å². The van der Waals surface area contributed by atoms with E-state index in [9.17, 15) is 0 Å². The second-order valence-electron chi connectivity index (χ2n) is 4.47. The number of pyridine rings is 1. The Balaban J connectivity index is 1.96. The van der Waals surface area contributed by atoms with Crippen LogP contribution in [0.15, 0.2) is 42.6 Å². The molecule has 1 aromatic carbocycles. The van der Waals surface area contributed by atoms with Gasteiger partial charge in [-0.15, -0.1) is 0 Å². The number of aromatic nitrogens is 1. The van der Waals surface area contributed by atoms with Gasteiger partial charge in [-0.25, -0.2) is 0 Å². The summed E-state index contributed by atoms with van der Waals surface area (Å²) in [6.45, 7) is 4.93. The Morgan fingerprint density at radius 2 is 2.11 bits per heavy atom. The average molecular weight is 261 g/mol. The zero-order valence-corrected chi connectivity index (χ0v) is 11.4. The smallest absolute Gasteiger partial charge is 0.0409 e. The van der Waals surface area contributed by atoms with Crippen LogP contribution in [0.3, 0.4) is 0 Å². The molecule has 0 bridgehead atoms. The fourth-order valence-electron chi connectivity index (χ4n) is 1.77. The van der Waals surface area contributed by atoms with Gasteiger partial charge < -0.3 is 5.32 Å². The molecule has 2 nitrogen and oxygen atoms in total. The summed E-state index contributed by atoms with van der Waals surface area (Å²) in [7, 11) is 0. The molecule has 3 heteroatoms. The van der Waals surface area contributed by atoms with E-state index in [1.54, 1.807) is 0 Å². The summed E-state index contributed by atoms with van der Waals surface area (Å²) in [4.78, 5) is 4.28. The van der Waals surface area contributed by atoms with Gasteiger partial charge in [-0.3, -0.25) is 4.98 Å². The molecule has 0 aliphatic heterocycles. The van der Waals surface area contributed by atoms with Crippen LogP contribution in [0, 0.1) is 6.92 Å². The molecule has 2 aromatic rings. The van der Waals surface area contributed by atoms with E-state index in [0.717, 1.165) is 17.3 Å². The first kappa shape index (κ1) is 13.1. The summed E-state index contributed by atoms with van der Waals surface area (Å²) in [6.07, 6.45) is 1.91. The molecule has 0 aliphatic carbocycles. The van der Waals surface area contributed by atoms with Crippen molar-refractivity contribution >= 4 is 11.6 Å². The number of hydrogen-bond acceptors (Lipinski definition) is 2. The Morgan fingerprint density at radius 3 is 2.78 bits per heavy atom. The molecule has 0 fully saturated rings. The largest absolute Gasteiger partial charge is 0.306 e. The highest BCUT2D eigenvalue weighted by Gasteiger charge is 2.05. The van der Waals surface area contributed by atoms with E-state index in [1.807, 2.05) is 37.4 Å². The molecule has 0 aliphatic rings. The van der Waals surface area contributed by atoms with Gasteiger partial charge in [0.2, 0.25) is 0 Å². The molecule has 1 aromatic heterocycles. The van der Waals surface area contributed by atoms with Crippen LogP contribution in [0.25, 0.3) is 0 Å². The topological polar surface area (TPSA) is 24.9 Å². The predicted molar refractivity (Wildman–Crippen MR) is 75.7 cm³/mol. The molecule has 0 spiro atoms. The van der Waals surface area contributed by atoms with Crippen LogP contribution in [0.1, 0.15) is 29.8 Å². The van der Waals surface area contributed by atoms with Crippen LogP contribution in [-0.4, -0.2) is 4.98 Å². The highest BCUT2D eigenvalue weighted by atomic mass is 35.5. The van der Waals surface area contributed by atoms with E-state index >= 15 is 0 Å². The van der Waals surface area contributed by atoms with Crippen molar-refractivity contribution in [2.45, 2.75) is 26.4 Å². The third kappa shape index (κ3) is 3.56. The van der Waals surface area contributed by atoms with Gasteiger partial charge in [0, 0.05) is 29.5 Å². The predicted octanol–water partition coefficient (Wildman–Crippen LogP) is 3.89. The van der Waals surface area contributed by atoms with E-state index in [0.29, 0.717) is 0 Å². The lowest BCUT2D eigenvalue weighted by Gasteiger charge is -2.14. The molecule has 2 rings (SSSR count). The van der Waals surface area contributed by atoms with Crippen LogP contribution in [-0.2, 0) is 6.54 Å². The number of rotatable bonds is 4. The molecular formula is C15H17ClN2. The quantitative estimate of drug-likeness (QED) is 0.902. The lowest BCUT2D eigenvalue weighted by atomic mass is 10.1. The van der Waals surface area contributed by atoms with E-state index in [-0.39, 0.29) is 6.04 Å². The molecule has 18 heavy (non-hydrogen) atoms. The molecule has 0 saturated heterocycles. The third-order valence-corrected chi connectivity index (χ3v) is 3.17. The van der Waals surface area contributed by atoms with Gasteiger partial charge in [-0.05, 0) is 43.2 Å². The molecule has 1 N–H and O–H groups in total. The molecular weight excluding hydrogens is 244 g/mol. The summed E-state index contributed by atoms with van der Waals surface area (Å²) in [5, 5.41) is 4.24. The zero-order chi connectivity index (χ0) is 13.0. The third-order valence-electron chi connectivity index (χ3n) is 2.93. The van der Waals surface area contributed by atoms with Gasteiger partial charge in [-0.1, -0.05) is 29.8 Å². The Morgan fingerprint density at radius 1 is 1.28 bits per heavy atom. The van der Waals surface area contributed by atoms with Crippen molar-refractivity contribution < 1.29 is 0 Å². The average Bonchev–Trinajstić information content (AvgIpc) is 2.38. The van der Waals surface area contributed by atoms with Gasteiger partial charge in [0.25, 0.3) is 0 Å². The number of halogens is 1. The van der Waals surface area contributed by atoms with Crippen LogP contribution < -0.4 is 5.32 Å². The molecule has 0 amide bonds. The maximum Gasteiger partial charge on any atom is 0.0409 e. The van der Waals surface area contributed by atoms with Crippen molar-refractivity contribution in [3.8, 4) is 0 Å². The Labute approximate surface area is 113 Å². The summed E-state index contributed by atoms with van der Waals surface area (Å²) in [6, 6.07) is 12.3. The number of aryl methyl sites for hydroxylation is 1. The van der Waals surface area contributed by atoms with E-state index in [1.165, 1.54) is 11.1 Å². The second-order valence-corrected chi connectivity index (χ2v) is 4.90. The molecule has 0 radical (unpaired) electrons. The highest BCUT2D eigenvalue weighted by molar-refractivity contribution is 6.30. The van der Waals surface area contributed by atoms with Crippen molar-refractivity contribution in [3.63, 3.8) is 0 Å². The monoisotopic (exact) mass is 260 g/mol. The summed E-state index contributed by atoms with van der Waals surface area (Å²) >= 11 is 5.99. The number of nitrogens with zero attached hydrogens (tertiary/aromatic N) is 1. The first-order chi connectivity index (χ1) is 8.65. The van der Waals surface area contributed by atoms with Crippen LogP contribution >= 0.6 is 11.6 Å². The first-order valence-electron chi connectivity index (χ1n) is 6.05. The summed E-state index contributed by atoms with van der Waals surface area (Å²) < 4.78 is 0. The van der Waals surface area contributed by atoms with Gasteiger partial charge in [0.05, 0.1) is 0 Å². The van der Waals surface area contributed by atoms with E-state index < -0.39 is 0 Å². The number of hydrogen-bond donors (Lipinski definition) is 1. The van der Waals surface area contributed by atoms with E-state index in [4.69, 9.17) is 11.6 Å². The standard InChI is InChI=1S/C15H17ClN2/c1-11-6-7-13(9-17-11)10-18-12(2)14-4-3-5-15(16)8-14/h3-9,12,18H,10H2,1-2H3/t12-/m1/s1. The van der Waals surface area contributed by atoms with Crippen LogP contribution in [0.4, 0.5) is 0 Å². The van der Waals surface area contributed by atoms with Crippen molar-refractivity contribution in [1.82, 2.24) is 10.3 Å². The fraction of sp³-hybridized carbons (Fsp3) is 0.267. The summed E-state index contributed by atoms with van der Waals surface area (Å²) in [5.74, 6) is 0. The maximum atomic E-state index is 5.99. The minimum Gasteiger partial charge on any atom is -0.306 e. The SMILES string of the molecule is Cc1ccc(CN[C@H](C)c2cccc(Cl)c2)cn1. The van der Waals surface area contributed by atoms with Gasteiger partial charge in [-0.2, -0.15) is 0 Å². The fourth-order valence-corrected chi connectivity index (χ4v) is 1.97. The van der Waals surface area contributed by atoms with Crippen LogP contribution in [0.5, 0.6) is 0 Å². The van der Waals surface area contributed by atoms with Crippen LogP contribution in [0.2, 0.25) is 5.02 Å². The van der Waals surface area contributed by atoms with Crippen molar-refractivity contribution in [2.75, 3.05) is 0 Å². The van der Waals surface area contributed by atoms with Gasteiger partial charge in [0.15, 0.2) is 0 Å².